The minimum Gasteiger partial charge on any atom is -0.491 e. The molecule has 0 saturated heterocycles. The average Bonchev–Trinajstić information content (AvgIpc) is 3.09. The number of nitrogen functional groups attached to an aromatic ring is 1. The average molecular weight is 403 g/mol. The number of aliphatic hydroxyl groups is 1. The van der Waals surface area contributed by atoms with Gasteiger partial charge >= 0.3 is 5.97 Å². The summed E-state index contributed by atoms with van der Waals surface area (Å²) in [6.07, 6.45) is 0.460. The molecular formula is C18H21N5O4S. The molecule has 0 aliphatic heterocycles. The number of esters is 1. The van der Waals surface area contributed by atoms with Crippen molar-refractivity contribution in [2.24, 2.45) is 0 Å². The Labute approximate surface area is 165 Å². The van der Waals surface area contributed by atoms with Crippen molar-refractivity contribution in [2.45, 2.75) is 31.2 Å². The molecule has 28 heavy (non-hydrogen) atoms. The number of nitrogens with zero attached hydrogens (tertiary/aromatic N) is 3. The van der Waals surface area contributed by atoms with Crippen LogP contribution in [0.25, 0.3) is 11.2 Å². The highest BCUT2D eigenvalue weighted by molar-refractivity contribution is 7.99. The minimum atomic E-state index is -0.716. The first-order valence-electron chi connectivity index (χ1n) is 8.63. The Bertz CT molecular complexity index is 945. The Kier molecular flexibility index (Phi) is 6.32. The highest BCUT2D eigenvalue weighted by atomic mass is 32.2. The molecular weight excluding hydrogens is 382 g/mol. The van der Waals surface area contributed by atoms with Gasteiger partial charge in [-0.1, -0.05) is 11.8 Å². The maximum Gasteiger partial charge on any atom is 0.338 e. The summed E-state index contributed by atoms with van der Waals surface area (Å²) in [5, 5.41) is 10.7. The molecule has 0 saturated carbocycles. The Hall–Kier alpha value is -2.85. The number of aromatic nitrogens is 4. The van der Waals surface area contributed by atoms with E-state index in [1.165, 1.54) is 18.1 Å². The van der Waals surface area contributed by atoms with E-state index in [2.05, 4.69) is 19.9 Å². The fourth-order valence-corrected chi connectivity index (χ4v) is 3.05. The lowest BCUT2D eigenvalue weighted by Crippen LogP contribution is -2.20. The molecule has 0 amide bonds. The monoisotopic (exact) mass is 403 g/mol. The first kappa shape index (κ1) is 19.9. The number of carbonyl (C=O) groups excluding carboxylic acids is 1. The van der Waals surface area contributed by atoms with E-state index < -0.39 is 6.10 Å². The number of ether oxygens (including phenoxy) is 2. The van der Waals surface area contributed by atoms with Crippen molar-refractivity contribution >= 4 is 34.7 Å². The molecule has 2 heterocycles. The van der Waals surface area contributed by atoms with Crippen molar-refractivity contribution in [2.75, 3.05) is 18.1 Å². The van der Waals surface area contributed by atoms with Crippen LogP contribution in [0.2, 0.25) is 0 Å². The second-order valence-corrected chi connectivity index (χ2v) is 7.26. The van der Waals surface area contributed by atoms with Gasteiger partial charge < -0.3 is 25.3 Å². The normalized spacial score (nSPS) is 12.3. The molecule has 0 aliphatic rings. The highest BCUT2D eigenvalue weighted by Gasteiger charge is 2.12. The molecule has 1 aromatic carbocycles. The number of imidazole rings is 1. The van der Waals surface area contributed by atoms with Gasteiger partial charge in [0, 0.05) is 5.75 Å². The number of nitrogens with one attached hydrogen (secondary N) is 1. The van der Waals surface area contributed by atoms with Crippen LogP contribution in [0.5, 0.6) is 5.75 Å². The van der Waals surface area contributed by atoms with Crippen LogP contribution in [0, 0.1) is 0 Å². The topological polar surface area (TPSA) is 136 Å². The molecule has 0 radical (unpaired) electrons. The molecule has 0 spiro atoms. The maximum atomic E-state index is 11.8. The number of benzene rings is 1. The van der Waals surface area contributed by atoms with Crippen LogP contribution in [-0.2, 0) is 4.74 Å². The molecule has 3 rings (SSSR count). The van der Waals surface area contributed by atoms with Crippen molar-refractivity contribution in [1.29, 1.82) is 0 Å². The molecule has 9 nitrogen and oxygen atoms in total. The first-order chi connectivity index (χ1) is 13.4. The molecule has 2 aromatic heterocycles. The minimum absolute atomic E-state index is 0.102. The summed E-state index contributed by atoms with van der Waals surface area (Å²) in [6, 6.07) is 6.58. The maximum absolute atomic E-state index is 11.8. The quantitative estimate of drug-likeness (QED) is 0.381. The summed E-state index contributed by atoms with van der Waals surface area (Å²) in [6.45, 7) is 3.69. The molecule has 148 valence electrons. The number of thioether (sulfide) groups is 1. The van der Waals surface area contributed by atoms with Crippen LogP contribution in [0.3, 0.4) is 0 Å². The van der Waals surface area contributed by atoms with E-state index in [0.717, 1.165) is 0 Å². The lowest BCUT2D eigenvalue weighted by molar-refractivity contribution is 0.0377. The van der Waals surface area contributed by atoms with Gasteiger partial charge in [0.15, 0.2) is 16.6 Å². The second kappa shape index (κ2) is 8.89. The number of hydrogen-bond donors (Lipinski definition) is 3. The summed E-state index contributed by atoms with van der Waals surface area (Å²) in [7, 11) is 0. The number of fused-ring (bicyclic) bond motifs is 1. The second-order valence-electron chi connectivity index (χ2n) is 6.25. The van der Waals surface area contributed by atoms with E-state index in [0.29, 0.717) is 39.2 Å². The van der Waals surface area contributed by atoms with Gasteiger partial charge in [0.1, 0.15) is 24.2 Å². The van der Waals surface area contributed by atoms with Crippen LogP contribution in [0.4, 0.5) is 5.82 Å². The van der Waals surface area contributed by atoms with E-state index in [-0.39, 0.29) is 18.7 Å². The Morgan fingerprint density at radius 2 is 2.04 bits per heavy atom. The number of aliphatic hydroxyl groups excluding tert-OH is 1. The number of nitrogens with two attached hydrogens (primary N) is 1. The summed E-state index contributed by atoms with van der Waals surface area (Å²) in [5.41, 5.74) is 7.27. The van der Waals surface area contributed by atoms with E-state index in [4.69, 9.17) is 15.2 Å². The van der Waals surface area contributed by atoms with Crippen LogP contribution < -0.4 is 10.5 Å². The molecule has 0 fully saturated rings. The van der Waals surface area contributed by atoms with E-state index in [1.54, 1.807) is 38.1 Å². The zero-order valence-electron chi connectivity index (χ0n) is 15.5. The summed E-state index contributed by atoms with van der Waals surface area (Å²) in [5.74, 6) is 0.867. The zero-order valence-corrected chi connectivity index (χ0v) is 16.3. The Morgan fingerprint density at radius 3 is 2.71 bits per heavy atom. The number of rotatable bonds is 8. The molecule has 0 aliphatic carbocycles. The lowest BCUT2D eigenvalue weighted by atomic mass is 10.2. The van der Waals surface area contributed by atoms with Crippen LogP contribution in [0.1, 0.15) is 24.2 Å². The van der Waals surface area contributed by atoms with Crippen LogP contribution in [-0.4, -0.2) is 55.6 Å². The van der Waals surface area contributed by atoms with Gasteiger partial charge in [-0.2, -0.15) is 0 Å². The summed E-state index contributed by atoms with van der Waals surface area (Å²) < 4.78 is 10.7. The van der Waals surface area contributed by atoms with Gasteiger partial charge in [-0.15, -0.1) is 0 Å². The fraction of sp³-hybridized carbons (Fsp3) is 0.333. The number of anilines is 1. The van der Waals surface area contributed by atoms with Gasteiger partial charge in [0.05, 0.1) is 17.8 Å². The third-order valence-corrected chi connectivity index (χ3v) is 4.60. The molecule has 3 aromatic rings. The number of aromatic amines is 1. The molecule has 1 atom stereocenters. The van der Waals surface area contributed by atoms with E-state index >= 15 is 0 Å². The van der Waals surface area contributed by atoms with Crippen LogP contribution in [0.15, 0.2) is 35.7 Å². The predicted molar refractivity (Wildman–Crippen MR) is 105 cm³/mol. The van der Waals surface area contributed by atoms with E-state index in [1.807, 2.05) is 0 Å². The Balaban J connectivity index is 1.47. The third-order valence-electron chi connectivity index (χ3n) is 3.58. The van der Waals surface area contributed by atoms with Crippen molar-refractivity contribution in [3.05, 3.63) is 36.2 Å². The Morgan fingerprint density at radius 1 is 1.29 bits per heavy atom. The van der Waals surface area contributed by atoms with Crippen molar-refractivity contribution in [3.63, 3.8) is 0 Å². The smallest absolute Gasteiger partial charge is 0.338 e. The van der Waals surface area contributed by atoms with Gasteiger partial charge in [0.2, 0.25) is 0 Å². The lowest BCUT2D eigenvalue weighted by Gasteiger charge is -2.12. The first-order valence-corrected chi connectivity index (χ1v) is 9.62. The SMILES string of the molecule is CC(C)OC(=O)c1ccc(OCC(O)CSc2nc3ncnc(N)c3[nH]2)cc1. The van der Waals surface area contributed by atoms with E-state index in [9.17, 15) is 9.90 Å². The fourth-order valence-electron chi connectivity index (χ4n) is 2.28. The summed E-state index contributed by atoms with van der Waals surface area (Å²) >= 11 is 1.33. The molecule has 4 N–H and O–H groups in total. The highest BCUT2D eigenvalue weighted by Crippen LogP contribution is 2.21. The van der Waals surface area contributed by atoms with Crippen molar-refractivity contribution in [3.8, 4) is 5.75 Å². The summed E-state index contributed by atoms with van der Waals surface area (Å²) in [4.78, 5) is 27.1. The molecule has 0 bridgehead atoms. The van der Waals surface area contributed by atoms with Crippen molar-refractivity contribution < 1.29 is 19.4 Å². The van der Waals surface area contributed by atoms with Crippen molar-refractivity contribution in [1.82, 2.24) is 19.9 Å². The number of hydrogen-bond acceptors (Lipinski definition) is 9. The van der Waals surface area contributed by atoms with Gasteiger partial charge in [-0.25, -0.2) is 19.7 Å². The van der Waals surface area contributed by atoms with Gasteiger partial charge in [0.25, 0.3) is 0 Å². The number of H-pyrrole nitrogens is 1. The molecule has 10 heteroatoms. The third kappa shape index (κ3) is 5.11. The zero-order chi connectivity index (χ0) is 20.1. The number of carbonyl (C=O) groups is 1. The predicted octanol–water partition coefficient (Wildman–Crippen LogP) is 2.03. The van der Waals surface area contributed by atoms with Gasteiger partial charge in [-0.05, 0) is 38.1 Å². The van der Waals surface area contributed by atoms with Crippen LogP contribution >= 0.6 is 11.8 Å². The molecule has 1 unspecified atom stereocenters. The largest absolute Gasteiger partial charge is 0.491 e. The standard InChI is InChI=1S/C18H21N5O4S/c1-10(2)27-17(25)11-3-5-13(6-4-11)26-7-12(24)8-28-18-22-14-15(19)20-9-21-16(14)23-18/h3-6,9-10,12,24H,7-8H2,1-2H3,(H3,19,20,21,22,23). The van der Waals surface area contributed by atoms with Gasteiger partial charge in [-0.3, -0.25) is 0 Å².